The third-order valence-electron chi connectivity index (χ3n) is 5.16. The van der Waals surface area contributed by atoms with Gasteiger partial charge < -0.3 is 20.5 Å². The van der Waals surface area contributed by atoms with Gasteiger partial charge in [-0.25, -0.2) is 4.98 Å². The van der Waals surface area contributed by atoms with Gasteiger partial charge in [0.05, 0.1) is 12.5 Å². The summed E-state index contributed by atoms with van der Waals surface area (Å²) in [6.45, 7) is 3.04. The summed E-state index contributed by atoms with van der Waals surface area (Å²) >= 11 is 0. The van der Waals surface area contributed by atoms with Crippen molar-refractivity contribution in [2.75, 3.05) is 30.8 Å². The van der Waals surface area contributed by atoms with E-state index in [-0.39, 0.29) is 0 Å². The summed E-state index contributed by atoms with van der Waals surface area (Å²) < 4.78 is 5.17. The van der Waals surface area contributed by atoms with E-state index in [1.165, 1.54) is 0 Å². The Balaban J connectivity index is 1.73. The van der Waals surface area contributed by atoms with E-state index in [0.717, 1.165) is 16.9 Å². The standard InChI is InChI=1S/C19H24N4O3/c1-13-12-21-18(22-16(13)20)23-9-7-19(8-10-23,17(24)25)11-14-3-5-15(26-2)6-4-14/h3-6,12H,7-11H2,1-2H3,(H,24,25)(H2,20,21,22). The molecule has 0 spiro atoms. The zero-order chi connectivity index (χ0) is 18.7. The number of hydrogen-bond acceptors (Lipinski definition) is 6. The molecule has 0 bridgehead atoms. The van der Waals surface area contributed by atoms with Crippen molar-refractivity contribution in [1.29, 1.82) is 0 Å². The highest BCUT2D eigenvalue weighted by molar-refractivity contribution is 5.75. The van der Waals surface area contributed by atoms with Crippen LogP contribution in [0.5, 0.6) is 5.75 Å². The number of aromatic nitrogens is 2. The highest BCUT2D eigenvalue weighted by atomic mass is 16.5. The summed E-state index contributed by atoms with van der Waals surface area (Å²) in [5, 5.41) is 9.89. The molecular weight excluding hydrogens is 332 g/mol. The second-order valence-electron chi connectivity index (χ2n) is 6.84. The van der Waals surface area contributed by atoms with Crippen molar-refractivity contribution in [3.63, 3.8) is 0 Å². The molecule has 0 saturated carbocycles. The third kappa shape index (κ3) is 3.56. The van der Waals surface area contributed by atoms with E-state index in [2.05, 4.69) is 9.97 Å². The lowest BCUT2D eigenvalue weighted by molar-refractivity contribution is -0.150. The lowest BCUT2D eigenvalue weighted by Crippen LogP contribution is -2.46. The average Bonchev–Trinajstić information content (AvgIpc) is 2.65. The first-order valence-corrected chi connectivity index (χ1v) is 8.64. The minimum absolute atomic E-state index is 0.461. The molecule has 0 unspecified atom stereocenters. The number of rotatable bonds is 5. The number of nitrogens with two attached hydrogens (primary N) is 1. The van der Waals surface area contributed by atoms with E-state index in [4.69, 9.17) is 10.5 Å². The van der Waals surface area contributed by atoms with Crippen LogP contribution in [0.25, 0.3) is 0 Å². The number of carboxylic acid groups (broad SMARTS) is 1. The number of carboxylic acids is 1. The zero-order valence-corrected chi connectivity index (χ0v) is 15.1. The van der Waals surface area contributed by atoms with Crippen LogP contribution in [0.3, 0.4) is 0 Å². The average molecular weight is 356 g/mol. The molecule has 1 saturated heterocycles. The third-order valence-corrected chi connectivity index (χ3v) is 5.16. The molecule has 1 fully saturated rings. The Bertz CT molecular complexity index is 784. The molecular formula is C19H24N4O3. The maximum Gasteiger partial charge on any atom is 0.310 e. The van der Waals surface area contributed by atoms with Gasteiger partial charge in [0.1, 0.15) is 11.6 Å². The summed E-state index contributed by atoms with van der Waals surface area (Å²) in [4.78, 5) is 22.7. The minimum atomic E-state index is -0.776. The van der Waals surface area contributed by atoms with Crippen molar-refractivity contribution in [3.8, 4) is 5.75 Å². The molecule has 0 radical (unpaired) electrons. The highest BCUT2D eigenvalue weighted by Crippen LogP contribution is 2.37. The Labute approximate surface area is 152 Å². The predicted molar refractivity (Wildman–Crippen MR) is 99.4 cm³/mol. The van der Waals surface area contributed by atoms with E-state index in [1.54, 1.807) is 13.3 Å². The van der Waals surface area contributed by atoms with Crippen molar-refractivity contribution < 1.29 is 14.6 Å². The summed E-state index contributed by atoms with van der Waals surface area (Å²) in [7, 11) is 1.61. The van der Waals surface area contributed by atoms with E-state index in [1.807, 2.05) is 36.1 Å². The number of aryl methyl sites for hydroxylation is 1. The predicted octanol–water partition coefficient (Wildman–Crippen LogP) is 2.29. The normalized spacial score (nSPS) is 16.3. The van der Waals surface area contributed by atoms with Gasteiger partial charge in [-0.2, -0.15) is 4.98 Å². The molecule has 7 nitrogen and oxygen atoms in total. The van der Waals surface area contributed by atoms with Gasteiger partial charge in [-0.15, -0.1) is 0 Å². The van der Waals surface area contributed by atoms with Crippen molar-refractivity contribution >= 4 is 17.7 Å². The molecule has 0 atom stereocenters. The number of nitrogen functional groups attached to an aromatic ring is 1. The fourth-order valence-electron chi connectivity index (χ4n) is 3.33. The summed E-state index contributed by atoms with van der Waals surface area (Å²) in [6, 6.07) is 7.59. The van der Waals surface area contributed by atoms with Crippen LogP contribution < -0.4 is 15.4 Å². The number of methoxy groups -OCH3 is 1. The van der Waals surface area contributed by atoms with Gasteiger partial charge in [0, 0.05) is 24.8 Å². The van der Waals surface area contributed by atoms with Crippen molar-refractivity contribution in [2.45, 2.75) is 26.2 Å². The maximum atomic E-state index is 12.1. The Morgan fingerprint density at radius 2 is 1.96 bits per heavy atom. The van der Waals surface area contributed by atoms with Crippen LogP contribution in [0, 0.1) is 12.3 Å². The molecule has 0 aliphatic carbocycles. The number of nitrogens with zero attached hydrogens (tertiary/aromatic N) is 3. The lowest BCUT2D eigenvalue weighted by atomic mass is 9.74. The summed E-state index contributed by atoms with van der Waals surface area (Å²) in [5.74, 6) is 1.04. The molecule has 3 N–H and O–H groups in total. The first-order chi connectivity index (χ1) is 12.4. The van der Waals surface area contributed by atoms with Gasteiger partial charge in [-0.05, 0) is 43.9 Å². The van der Waals surface area contributed by atoms with Crippen molar-refractivity contribution in [3.05, 3.63) is 41.6 Å². The number of ether oxygens (including phenoxy) is 1. The van der Waals surface area contributed by atoms with E-state index < -0.39 is 11.4 Å². The highest BCUT2D eigenvalue weighted by Gasteiger charge is 2.42. The van der Waals surface area contributed by atoms with Crippen LogP contribution in [0.1, 0.15) is 24.0 Å². The Hall–Kier alpha value is -2.83. The molecule has 1 aliphatic heterocycles. The molecule has 26 heavy (non-hydrogen) atoms. The van der Waals surface area contributed by atoms with E-state index >= 15 is 0 Å². The van der Waals surface area contributed by atoms with E-state index in [0.29, 0.717) is 44.1 Å². The number of anilines is 2. The lowest BCUT2D eigenvalue weighted by Gasteiger charge is -2.39. The number of aliphatic carboxylic acids is 1. The van der Waals surface area contributed by atoms with Gasteiger partial charge in [-0.1, -0.05) is 12.1 Å². The van der Waals surface area contributed by atoms with Gasteiger partial charge in [-0.3, -0.25) is 4.79 Å². The van der Waals surface area contributed by atoms with Crippen LogP contribution in [0.4, 0.5) is 11.8 Å². The molecule has 2 heterocycles. The fourth-order valence-corrected chi connectivity index (χ4v) is 3.33. The first kappa shape index (κ1) is 18.0. The molecule has 0 amide bonds. The Kier molecular flexibility index (Phi) is 4.97. The maximum absolute atomic E-state index is 12.1. The fraction of sp³-hybridized carbons (Fsp3) is 0.421. The molecule has 1 aromatic carbocycles. The van der Waals surface area contributed by atoms with Gasteiger partial charge in [0.15, 0.2) is 0 Å². The SMILES string of the molecule is COc1ccc(CC2(C(=O)O)CCN(c3ncc(C)c(N)n3)CC2)cc1. The molecule has 2 aromatic rings. The van der Waals surface area contributed by atoms with Gasteiger partial charge >= 0.3 is 5.97 Å². The van der Waals surface area contributed by atoms with Crippen LogP contribution in [0.15, 0.2) is 30.5 Å². The van der Waals surface area contributed by atoms with Crippen LogP contribution in [0.2, 0.25) is 0 Å². The second kappa shape index (κ2) is 7.19. The quantitative estimate of drug-likeness (QED) is 0.847. The van der Waals surface area contributed by atoms with Crippen LogP contribution in [-0.2, 0) is 11.2 Å². The number of piperidine rings is 1. The summed E-state index contributed by atoms with van der Waals surface area (Å²) in [5.41, 5.74) is 6.93. The first-order valence-electron chi connectivity index (χ1n) is 8.64. The van der Waals surface area contributed by atoms with Gasteiger partial charge in [0.25, 0.3) is 0 Å². The minimum Gasteiger partial charge on any atom is -0.497 e. The number of hydrogen-bond donors (Lipinski definition) is 2. The molecule has 138 valence electrons. The van der Waals surface area contributed by atoms with Crippen molar-refractivity contribution in [1.82, 2.24) is 9.97 Å². The molecule has 3 rings (SSSR count). The summed E-state index contributed by atoms with van der Waals surface area (Å²) in [6.07, 6.45) is 3.27. The van der Waals surface area contributed by atoms with Gasteiger partial charge in [0.2, 0.25) is 5.95 Å². The number of benzene rings is 1. The molecule has 7 heteroatoms. The topological polar surface area (TPSA) is 102 Å². The number of carbonyl (C=O) groups is 1. The molecule has 1 aromatic heterocycles. The monoisotopic (exact) mass is 356 g/mol. The second-order valence-corrected chi connectivity index (χ2v) is 6.84. The van der Waals surface area contributed by atoms with E-state index in [9.17, 15) is 9.90 Å². The largest absolute Gasteiger partial charge is 0.497 e. The molecule has 1 aliphatic rings. The van der Waals surface area contributed by atoms with Crippen LogP contribution >= 0.6 is 0 Å². The smallest absolute Gasteiger partial charge is 0.310 e. The Morgan fingerprint density at radius 3 is 2.50 bits per heavy atom. The Morgan fingerprint density at radius 1 is 1.31 bits per heavy atom. The zero-order valence-electron chi connectivity index (χ0n) is 15.1. The van der Waals surface area contributed by atoms with Crippen molar-refractivity contribution in [2.24, 2.45) is 5.41 Å². The van der Waals surface area contributed by atoms with Crippen LogP contribution in [-0.4, -0.2) is 41.2 Å².